The van der Waals surface area contributed by atoms with Crippen molar-refractivity contribution in [2.45, 2.75) is 33.8 Å². The molecule has 1 unspecified atom stereocenters. The van der Waals surface area contributed by atoms with E-state index in [0.717, 1.165) is 0 Å². The molecule has 1 atom stereocenters. The molecular formula is C22H25NO5. The number of anilines is 1. The van der Waals surface area contributed by atoms with Gasteiger partial charge in [-0.05, 0) is 68.3 Å². The van der Waals surface area contributed by atoms with Gasteiger partial charge in [0.25, 0.3) is 5.91 Å². The number of hydrogen-bond acceptors (Lipinski definition) is 5. The second kappa shape index (κ2) is 9.69. The van der Waals surface area contributed by atoms with Crippen LogP contribution in [-0.2, 0) is 9.53 Å². The molecule has 0 heterocycles. The maximum Gasteiger partial charge on any atom is 0.338 e. The summed E-state index contributed by atoms with van der Waals surface area (Å²) in [4.78, 5) is 35.7. The fourth-order valence-corrected chi connectivity index (χ4v) is 2.26. The SMILES string of the molecule is CC(=O)c1ccc(NC(=O)C(C)OC(=O)c2ccc(OCC(C)C)cc2)cc1. The number of Topliss-reactive ketones (excluding diaryl/α,β-unsaturated/α-hetero) is 1. The first-order chi connectivity index (χ1) is 13.3. The summed E-state index contributed by atoms with van der Waals surface area (Å²) in [5, 5.41) is 2.65. The third-order valence-electron chi connectivity index (χ3n) is 3.89. The summed E-state index contributed by atoms with van der Waals surface area (Å²) in [5.74, 6) is -0.0284. The molecular weight excluding hydrogens is 358 g/mol. The normalized spacial score (nSPS) is 11.6. The highest BCUT2D eigenvalue weighted by Crippen LogP contribution is 2.15. The summed E-state index contributed by atoms with van der Waals surface area (Å²) >= 11 is 0. The van der Waals surface area contributed by atoms with Gasteiger partial charge in [-0.15, -0.1) is 0 Å². The summed E-state index contributed by atoms with van der Waals surface area (Å²) in [6.45, 7) is 7.66. The van der Waals surface area contributed by atoms with Crippen LogP contribution in [0.15, 0.2) is 48.5 Å². The second-order valence-electron chi connectivity index (χ2n) is 6.90. The van der Waals surface area contributed by atoms with Crippen molar-refractivity contribution in [2.24, 2.45) is 5.92 Å². The van der Waals surface area contributed by atoms with Gasteiger partial charge in [0.2, 0.25) is 0 Å². The molecule has 0 spiro atoms. The van der Waals surface area contributed by atoms with E-state index in [1.165, 1.54) is 13.8 Å². The van der Waals surface area contributed by atoms with E-state index in [9.17, 15) is 14.4 Å². The maximum absolute atomic E-state index is 12.2. The van der Waals surface area contributed by atoms with Crippen LogP contribution in [0.4, 0.5) is 5.69 Å². The lowest BCUT2D eigenvalue weighted by Gasteiger charge is -2.14. The van der Waals surface area contributed by atoms with Gasteiger partial charge in [0, 0.05) is 11.3 Å². The Hall–Kier alpha value is -3.15. The third-order valence-corrected chi connectivity index (χ3v) is 3.89. The highest BCUT2D eigenvalue weighted by Gasteiger charge is 2.19. The summed E-state index contributed by atoms with van der Waals surface area (Å²) < 4.78 is 10.8. The zero-order valence-corrected chi connectivity index (χ0v) is 16.5. The van der Waals surface area contributed by atoms with Gasteiger partial charge in [0.1, 0.15) is 5.75 Å². The van der Waals surface area contributed by atoms with Gasteiger partial charge in [-0.25, -0.2) is 4.79 Å². The molecule has 0 fully saturated rings. The van der Waals surface area contributed by atoms with Crippen LogP contribution >= 0.6 is 0 Å². The molecule has 0 radical (unpaired) electrons. The molecule has 148 valence electrons. The van der Waals surface area contributed by atoms with E-state index in [1.807, 2.05) is 0 Å². The molecule has 0 aliphatic heterocycles. The molecule has 2 rings (SSSR count). The fourth-order valence-electron chi connectivity index (χ4n) is 2.26. The first-order valence-electron chi connectivity index (χ1n) is 9.12. The molecule has 0 aliphatic carbocycles. The van der Waals surface area contributed by atoms with Crippen molar-refractivity contribution in [3.8, 4) is 5.75 Å². The van der Waals surface area contributed by atoms with Gasteiger partial charge >= 0.3 is 5.97 Å². The number of rotatable bonds is 8. The van der Waals surface area contributed by atoms with Crippen molar-refractivity contribution in [3.05, 3.63) is 59.7 Å². The van der Waals surface area contributed by atoms with Gasteiger partial charge in [-0.2, -0.15) is 0 Å². The number of ketones is 1. The van der Waals surface area contributed by atoms with Crippen molar-refractivity contribution in [1.82, 2.24) is 0 Å². The van der Waals surface area contributed by atoms with Crippen molar-refractivity contribution in [2.75, 3.05) is 11.9 Å². The molecule has 2 aromatic carbocycles. The van der Waals surface area contributed by atoms with Crippen LogP contribution in [0.3, 0.4) is 0 Å². The maximum atomic E-state index is 12.2. The molecule has 1 N–H and O–H groups in total. The summed E-state index contributed by atoms with van der Waals surface area (Å²) in [7, 11) is 0. The Morgan fingerprint density at radius 1 is 0.893 bits per heavy atom. The van der Waals surface area contributed by atoms with E-state index in [4.69, 9.17) is 9.47 Å². The van der Waals surface area contributed by atoms with Crippen LogP contribution in [0, 0.1) is 5.92 Å². The van der Waals surface area contributed by atoms with E-state index in [2.05, 4.69) is 19.2 Å². The van der Waals surface area contributed by atoms with Crippen molar-refractivity contribution in [1.29, 1.82) is 0 Å². The summed E-state index contributed by atoms with van der Waals surface area (Å²) in [5.41, 5.74) is 1.41. The van der Waals surface area contributed by atoms with Crippen molar-refractivity contribution < 1.29 is 23.9 Å². The Balaban J connectivity index is 1.90. The Morgan fingerprint density at radius 2 is 1.46 bits per heavy atom. The minimum Gasteiger partial charge on any atom is -0.493 e. The lowest BCUT2D eigenvalue weighted by molar-refractivity contribution is -0.123. The van der Waals surface area contributed by atoms with Crippen molar-refractivity contribution in [3.63, 3.8) is 0 Å². The first kappa shape index (κ1) is 21.2. The number of carbonyl (C=O) groups excluding carboxylic acids is 3. The van der Waals surface area contributed by atoms with E-state index >= 15 is 0 Å². The number of amides is 1. The van der Waals surface area contributed by atoms with Crippen LogP contribution in [0.1, 0.15) is 48.4 Å². The monoisotopic (exact) mass is 383 g/mol. The average Bonchev–Trinajstić information content (AvgIpc) is 2.67. The van der Waals surface area contributed by atoms with Gasteiger partial charge in [-0.3, -0.25) is 9.59 Å². The van der Waals surface area contributed by atoms with Crippen LogP contribution in [-0.4, -0.2) is 30.4 Å². The summed E-state index contributed by atoms with van der Waals surface area (Å²) in [6.07, 6.45) is -0.975. The number of esters is 1. The number of carbonyl (C=O) groups is 3. The molecule has 0 saturated heterocycles. The number of hydrogen-bond donors (Lipinski definition) is 1. The van der Waals surface area contributed by atoms with Gasteiger partial charge in [0.05, 0.1) is 12.2 Å². The minimum absolute atomic E-state index is 0.0548. The third kappa shape index (κ3) is 6.23. The van der Waals surface area contributed by atoms with Gasteiger partial charge in [-0.1, -0.05) is 13.8 Å². The topological polar surface area (TPSA) is 81.7 Å². The Kier molecular flexibility index (Phi) is 7.32. The smallest absolute Gasteiger partial charge is 0.338 e. The number of nitrogens with one attached hydrogen (secondary N) is 1. The quantitative estimate of drug-likeness (QED) is 0.548. The molecule has 0 aliphatic rings. The Morgan fingerprint density at radius 3 is 2.00 bits per heavy atom. The Labute approximate surface area is 164 Å². The van der Waals surface area contributed by atoms with Crippen molar-refractivity contribution >= 4 is 23.3 Å². The van der Waals surface area contributed by atoms with Crippen LogP contribution in [0.25, 0.3) is 0 Å². The molecule has 0 bridgehead atoms. The largest absolute Gasteiger partial charge is 0.493 e. The number of benzene rings is 2. The van der Waals surface area contributed by atoms with Gasteiger partial charge in [0.15, 0.2) is 11.9 Å². The van der Waals surface area contributed by atoms with Crippen LogP contribution in [0.2, 0.25) is 0 Å². The second-order valence-corrected chi connectivity index (χ2v) is 6.90. The van der Waals surface area contributed by atoms with E-state index < -0.39 is 18.0 Å². The zero-order valence-electron chi connectivity index (χ0n) is 16.5. The summed E-state index contributed by atoms with van der Waals surface area (Å²) in [6, 6.07) is 13.1. The molecule has 6 heteroatoms. The highest BCUT2D eigenvalue weighted by molar-refractivity contribution is 5.98. The average molecular weight is 383 g/mol. The molecule has 0 saturated carbocycles. The number of ether oxygens (including phenoxy) is 2. The molecule has 0 aromatic heterocycles. The minimum atomic E-state index is -0.975. The fraction of sp³-hybridized carbons (Fsp3) is 0.318. The van der Waals surface area contributed by atoms with E-state index in [-0.39, 0.29) is 5.78 Å². The molecule has 28 heavy (non-hydrogen) atoms. The zero-order chi connectivity index (χ0) is 20.7. The highest BCUT2D eigenvalue weighted by atomic mass is 16.5. The molecule has 1 amide bonds. The predicted octanol–water partition coefficient (Wildman–Crippen LogP) is 4.11. The Bertz CT molecular complexity index is 825. The predicted molar refractivity (Wildman–Crippen MR) is 107 cm³/mol. The standard InChI is InChI=1S/C22H25NO5/c1-14(2)13-27-20-11-7-18(8-12-20)22(26)28-16(4)21(25)23-19-9-5-17(6-10-19)15(3)24/h5-12,14,16H,13H2,1-4H3,(H,23,25). The first-order valence-corrected chi connectivity index (χ1v) is 9.12. The molecule has 6 nitrogen and oxygen atoms in total. The van der Waals surface area contributed by atoms with Gasteiger partial charge < -0.3 is 14.8 Å². The lowest BCUT2D eigenvalue weighted by Crippen LogP contribution is -2.30. The van der Waals surface area contributed by atoms with E-state index in [1.54, 1.807) is 48.5 Å². The van der Waals surface area contributed by atoms with Crippen LogP contribution in [0.5, 0.6) is 5.75 Å². The molecule has 2 aromatic rings. The van der Waals surface area contributed by atoms with E-state index in [0.29, 0.717) is 35.1 Å². The lowest BCUT2D eigenvalue weighted by atomic mass is 10.1. The van der Waals surface area contributed by atoms with Crippen LogP contribution < -0.4 is 10.1 Å².